The summed E-state index contributed by atoms with van der Waals surface area (Å²) in [7, 11) is -3.64. The van der Waals surface area contributed by atoms with Gasteiger partial charge in [-0.1, -0.05) is 0 Å². The van der Waals surface area contributed by atoms with E-state index in [2.05, 4.69) is 4.72 Å². The third-order valence-electron chi connectivity index (χ3n) is 2.92. The lowest BCUT2D eigenvalue weighted by Crippen LogP contribution is -2.46. The van der Waals surface area contributed by atoms with Gasteiger partial charge in [0.2, 0.25) is 5.91 Å². The third-order valence-corrected chi connectivity index (χ3v) is 4.53. The van der Waals surface area contributed by atoms with Crippen molar-refractivity contribution in [3.05, 3.63) is 0 Å². The first kappa shape index (κ1) is 16.8. The minimum absolute atomic E-state index is 0.0223. The van der Waals surface area contributed by atoms with Crippen molar-refractivity contribution in [3.63, 3.8) is 0 Å². The number of amides is 1. The zero-order chi connectivity index (χ0) is 15.2. The molecule has 1 aliphatic heterocycles. The van der Waals surface area contributed by atoms with Crippen molar-refractivity contribution >= 4 is 22.1 Å². The number of carbonyl (C=O) groups is 2. The maximum atomic E-state index is 11.9. The number of ether oxygens (including phenoxy) is 1. The monoisotopic (exact) mass is 309 g/mol. The lowest BCUT2D eigenvalue weighted by molar-refractivity contribution is -0.143. The number of hydrogen-bond acceptors (Lipinski definition) is 5. The summed E-state index contributed by atoms with van der Waals surface area (Å²) in [5.74, 6) is -2.00. The summed E-state index contributed by atoms with van der Waals surface area (Å²) in [6, 6.07) is 0. The van der Waals surface area contributed by atoms with E-state index < -0.39 is 28.0 Å². The van der Waals surface area contributed by atoms with Crippen LogP contribution < -0.4 is 10.5 Å². The highest BCUT2D eigenvalue weighted by atomic mass is 32.2. The highest BCUT2D eigenvalue weighted by molar-refractivity contribution is 7.87. The second-order valence-electron chi connectivity index (χ2n) is 4.43. The second-order valence-corrected chi connectivity index (χ2v) is 6.19. The van der Waals surface area contributed by atoms with Crippen LogP contribution in [0.3, 0.4) is 0 Å². The van der Waals surface area contributed by atoms with Crippen molar-refractivity contribution in [1.29, 1.82) is 0 Å². The van der Waals surface area contributed by atoms with Crippen LogP contribution in [0.15, 0.2) is 0 Å². The highest BCUT2D eigenvalue weighted by Crippen LogP contribution is 2.18. The van der Waals surface area contributed by atoms with E-state index in [4.69, 9.17) is 15.6 Å². The van der Waals surface area contributed by atoms with Gasteiger partial charge in [-0.15, -0.1) is 0 Å². The van der Waals surface area contributed by atoms with Crippen LogP contribution in [-0.4, -0.2) is 62.6 Å². The standard InChI is InChI=1S/C10H19N3O6S/c11-9(14)7-19-6-3-12-20(17,18)13-4-1-8(2-5-13)10(15)16/h8,12H,1-7H2,(H2,11,14)(H,15,16). The summed E-state index contributed by atoms with van der Waals surface area (Å²) >= 11 is 0. The number of nitrogens with one attached hydrogen (secondary N) is 1. The topological polar surface area (TPSA) is 139 Å². The van der Waals surface area contributed by atoms with E-state index in [1.54, 1.807) is 0 Å². The van der Waals surface area contributed by atoms with Gasteiger partial charge < -0.3 is 15.6 Å². The molecule has 0 unspecified atom stereocenters. The zero-order valence-corrected chi connectivity index (χ0v) is 11.8. The molecule has 1 fully saturated rings. The normalized spacial score (nSPS) is 18.0. The SMILES string of the molecule is NC(=O)COCCNS(=O)(=O)N1CCC(C(=O)O)CC1. The molecule has 0 atom stereocenters. The molecular weight excluding hydrogens is 290 g/mol. The van der Waals surface area contributed by atoms with E-state index in [0.29, 0.717) is 12.8 Å². The fraction of sp³-hybridized carbons (Fsp3) is 0.800. The molecule has 0 spiro atoms. The molecular formula is C10H19N3O6S. The lowest BCUT2D eigenvalue weighted by atomic mass is 9.99. The minimum Gasteiger partial charge on any atom is -0.481 e. The van der Waals surface area contributed by atoms with Crippen LogP contribution in [0.25, 0.3) is 0 Å². The Kier molecular flexibility index (Phi) is 6.33. The summed E-state index contributed by atoms with van der Waals surface area (Å²) in [5, 5.41) is 8.83. The number of carboxylic acid groups (broad SMARTS) is 1. The fourth-order valence-electron chi connectivity index (χ4n) is 1.85. The number of carbonyl (C=O) groups excluding carboxylic acids is 1. The van der Waals surface area contributed by atoms with Gasteiger partial charge in [-0.25, -0.2) is 0 Å². The Balaban J connectivity index is 2.31. The number of nitrogens with zero attached hydrogens (tertiary/aromatic N) is 1. The van der Waals surface area contributed by atoms with Crippen LogP contribution in [0.4, 0.5) is 0 Å². The first-order valence-corrected chi connectivity index (χ1v) is 7.60. The Morgan fingerprint density at radius 1 is 1.35 bits per heavy atom. The molecule has 0 saturated carbocycles. The highest BCUT2D eigenvalue weighted by Gasteiger charge is 2.30. The van der Waals surface area contributed by atoms with E-state index in [9.17, 15) is 18.0 Å². The number of piperidine rings is 1. The average Bonchev–Trinajstić information content (AvgIpc) is 2.38. The van der Waals surface area contributed by atoms with Crippen molar-refractivity contribution in [1.82, 2.24) is 9.03 Å². The van der Waals surface area contributed by atoms with Crippen LogP contribution in [0.2, 0.25) is 0 Å². The Labute approximate surface area is 117 Å². The Morgan fingerprint density at radius 2 is 1.95 bits per heavy atom. The van der Waals surface area contributed by atoms with Crippen LogP contribution in [0.5, 0.6) is 0 Å². The van der Waals surface area contributed by atoms with Crippen LogP contribution in [0.1, 0.15) is 12.8 Å². The van der Waals surface area contributed by atoms with Gasteiger partial charge in [0.05, 0.1) is 12.5 Å². The quantitative estimate of drug-likeness (QED) is 0.448. The predicted molar refractivity (Wildman–Crippen MR) is 68.9 cm³/mol. The Hall–Kier alpha value is -1.23. The molecule has 9 nitrogen and oxygen atoms in total. The molecule has 116 valence electrons. The summed E-state index contributed by atoms with van der Waals surface area (Å²) in [4.78, 5) is 21.2. The van der Waals surface area contributed by atoms with E-state index >= 15 is 0 Å². The molecule has 1 rings (SSSR count). The molecule has 0 aromatic carbocycles. The maximum absolute atomic E-state index is 11.9. The van der Waals surface area contributed by atoms with Crippen molar-refractivity contribution < 1.29 is 27.9 Å². The fourth-order valence-corrected chi connectivity index (χ4v) is 3.07. The Morgan fingerprint density at radius 3 is 2.45 bits per heavy atom. The summed E-state index contributed by atoms with van der Waals surface area (Å²) in [6.07, 6.45) is 0.600. The molecule has 1 aliphatic rings. The second kappa shape index (κ2) is 7.53. The molecule has 0 radical (unpaired) electrons. The molecule has 20 heavy (non-hydrogen) atoms. The van der Waals surface area contributed by atoms with E-state index in [1.165, 1.54) is 4.31 Å². The van der Waals surface area contributed by atoms with Gasteiger partial charge >= 0.3 is 5.97 Å². The van der Waals surface area contributed by atoms with Gasteiger partial charge in [0.1, 0.15) is 6.61 Å². The number of carboxylic acids is 1. The molecule has 0 aromatic rings. The predicted octanol–water partition coefficient (Wildman–Crippen LogP) is -1.88. The van der Waals surface area contributed by atoms with E-state index in [0.717, 1.165) is 0 Å². The molecule has 0 aromatic heterocycles. The number of nitrogens with two attached hydrogens (primary N) is 1. The average molecular weight is 309 g/mol. The molecule has 1 heterocycles. The van der Waals surface area contributed by atoms with Crippen LogP contribution in [-0.2, 0) is 24.5 Å². The first-order chi connectivity index (χ1) is 9.33. The van der Waals surface area contributed by atoms with Gasteiger partial charge in [0, 0.05) is 19.6 Å². The Bertz CT molecular complexity index is 444. The van der Waals surface area contributed by atoms with Gasteiger partial charge in [-0.05, 0) is 12.8 Å². The minimum atomic E-state index is -3.64. The number of rotatable bonds is 8. The maximum Gasteiger partial charge on any atom is 0.306 e. The van der Waals surface area contributed by atoms with Gasteiger partial charge in [-0.3, -0.25) is 9.59 Å². The molecule has 4 N–H and O–H groups in total. The molecule has 1 amide bonds. The van der Waals surface area contributed by atoms with Crippen molar-refractivity contribution in [2.24, 2.45) is 11.7 Å². The van der Waals surface area contributed by atoms with E-state index in [1.807, 2.05) is 0 Å². The van der Waals surface area contributed by atoms with Crippen LogP contribution >= 0.6 is 0 Å². The van der Waals surface area contributed by atoms with Gasteiger partial charge in [0.25, 0.3) is 10.2 Å². The van der Waals surface area contributed by atoms with E-state index in [-0.39, 0.29) is 32.8 Å². The third kappa shape index (κ3) is 5.41. The zero-order valence-electron chi connectivity index (χ0n) is 10.9. The molecule has 0 bridgehead atoms. The van der Waals surface area contributed by atoms with Gasteiger partial charge in [-0.2, -0.15) is 17.4 Å². The number of primary amides is 1. The van der Waals surface area contributed by atoms with Crippen molar-refractivity contribution in [2.75, 3.05) is 32.8 Å². The summed E-state index contributed by atoms with van der Waals surface area (Å²) in [5.41, 5.74) is 4.86. The van der Waals surface area contributed by atoms with Crippen LogP contribution in [0, 0.1) is 5.92 Å². The lowest BCUT2D eigenvalue weighted by Gasteiger charge is -2.29. The molecule has 10 heteroatoms. The first-order valence-electron chi connectivity index (χ1n) is 6.16. The van der Waals surface area contributed by atoms with Crippen molar-refractivity contribution in [3.8, 4) is 0 Å². The van der Waals surface area contributed by atoms with Crippen molar-refractivity contribution in [2.45, 2.75) is 12.8 Å². The van der Waals surface area contributed by atoms with Gasteiger partial charge in [0.15, 0.2) is 0 Å². The molecule has 0 aliphatic carbocycles. The summed E-state index contributed by atoms with van der Waals surface area (Å²) in [6.45, 7) is 0.150. The number of aliphatic carboxylic acids is 1. The number of hydrogen-bond donors (Lipinski definition) is 3. The smallest absolute Gasteiger partial charge is 0.306 e. The molecule has 1 saturated heterocycles. The largest absolute Gasteiger partial charge is 0.481 e. The summed E-state index contributed by atoms with van der Waals surface area (Å²) < 4.78 is 32.1.